The average Bonchev–Trinajstić information content (AvgIpc) is 2.47. The van der Waals surface area contributed by atoms with Gasteiger partial charge in [0.25, 0.3) is 6.85 Å². The highest BCUT2D eigenvalue weighted by molar-refractivity contribution is 8.01. The van der Waals surface area contributed by atoms with Crippen LogP contribution in [0.15, 0.2) is 29.2 Å². The summed E-state index contributed by atoms with van der Waals surface area (Å²) in [5, 5.41) is 0. The van der Waals surface area contributed by atoms with Crippen molar-refractivity contribution in [3.63, 3.8) is 0 Å². The summed E-state index contributed by atoms with van der Waals surface area (Å²) >= 11 is 1.96. The van der Waals surface area contributed by atoms with Gasteiger partial charge in [-0.1, -0.05) is 18.2 Å². The SMILES string of the molecule is CN(C)B1CSc2ccccc21. The van der Waals surface area contributed by atoms with Crippen molar-refractivity contribution < 1.29 is 0 Å². The molecule has 0 aliphatic carbocycles. The minimum Gasteiger partial charge on any atom is -0.343 e. The van der Waals surface area contributed by atoms with Gasteiger partial charge >= 0.3 is 0 Å². The molecule has 1 aromatic carbocycles. The van der Waals surface area contributed by atoms with Crippen LogP contribution in [0.4, 0.5) is 0 Å². The van der Waals surface area contributed by atoms with Crippen LogP contribution in [-0.2, 0) is 0 Å². The number of nitrogens with zero attached hydrogens (tertiary/aromatic N) is 1. The molecule has 0 radical (unpaired) electrons. The maximum absolute atomic E-state index is 2.29. The molecule has 1 heterocycles. The Balaban J connectivity index is 2.36. The minimum atomic E-state index is 0.617. The van der Waals surface area contributed by atoms with E-state index in [1.54, 1.807) is 0 Å². The van der Waals surface area contributed by atoms with Gasteiger partial charge in [-0.3, -0.25) is 0 Å². The molecule has 0 saturated carbocycles. The number of rotatable bonds is 1. The van der Waals surface area contributed by atoms with E-state index in [1.807, 2.05) is 11.8 Å². The molecule has 2 rings (SSSR count). The van der Waals surface area contributed by atoms with Gasteiger partial charge in [0.2, 0.25) is 0 Å². The van der Waals surface area contributed by atoms with Crippen molar-refractivity contribution in [1.29, 1.82) is 0 Å². The Morgan fingerprint density at radius 2 is 2.08 bits per heavy atom. The molecule has 0 aromatic heterocycles. The second-order valence-electron chi connectivity index (χ2n) is 3.33. The predicted molar refractivity (Wildman–Crippen MR) is 56.2 cm³/mol. The first kappa shape index (κ1) is 8.20. The Kier molecular flexibility index (Phi) is 2.15. The fraction of sp³-hybridized carbons (Fsp3) is 0.333. The number of thioether (sulfide) groups is 1. The summed E-state index contributed by atoms with van der Waals surface area (Å²) < 4.78 is 0. The molecular formula is C9H12BNS. The molecule has 62 valence electrons. The van der Waals surface area contributed by atoms with Crippen molar-refractivity contribution in [3.8, 4) is 0 Å². The molecule has 3 heteroatoms. The highest BCUT2D eigenvalue weighted by Crippen LogP contribution is 2.23. The second-order valence-corrected chi connectivity index (χ2v) is 4.39. The lowest BCUT2D eigenvalue weighted by molar-refractivity contribution is 0.652. The van der Waals surface area contributed by atoms with Crippen LogP contribution in [0.5, 0.6) is 0 Å². The third-order valence-electron chi connectivity index (χ3n) is 2.30. The van der Waals surface area contributed by atoms with Crippen molar-refractivity contribution >= 4 is 24.1 Å². The van der Waals surface area contributed by atoms with Gasteiger partial charge in [0.15, 0.2) is 0 Å². The van der Waals surface area contributed by atoms with Gasteiger partial charge in [-0.25, -0.2) is 0 Å². The summed E-state index contributed by atoms with van der Waals surface area (Å²) in [5.41, 5.74) is 2.69. The Bertz CT molecular complexity index is 288. The molecule has 1 aliphatic heterocycles. The average molecular weight is 177 g/mol. The first-order valence-corrected chi connectivity index (χ1v) is 5.16. The van der Waals surface area contributed by atoms with Crippen molar-refractivity contribution in [3.05, 3.63) is 24.3 Å². The maximum Gasteiger partial charge on any atom is 0.268 e. The van der Waals surface area contributed by atoms with Crippen molar-refractivity contribution in [1.82, 2.24) is 4.81 Å². The van der Waals surface area contributed by atoms with Crippen LogP contribution in [0, 0.1) is 0 Å². The highest BCUT2D eigenvalue weighted by atomic mass is 32.2. The zero-order valence-electron chi connectivity index (χ0n) is 7.45. The summed E-state index contributed by atoms with van der Waals surface area (Å²) in [6.07, 6.45) is 0. The quantitative estimate of drug-likeness (QED) is 0.591. The van der Waals surface area contributed by atoms with Crippen molar-refractivity contribution in [2.75, 3.05) is 19.7 Å². The van der Waals surface area contributed by atoms with Crippen LogP contribution in [0.3, 0.4) is 0 Å². The van der Waals surface area contributed by atoms with E-state index in [2.05, 4.69) is 43.2 Å². The van der Waals surface area contributed by atoms with Crippen LogP contribution in [0.25, 0.3) is 0 Å². The van der Waals surface area contributed by atoms with Gasteiger partial charge in [0, 0.05) is 4.90 Å². The zero-order chi connectivity index (χ0) is 8.55. The molecule has 0 unspecified atom stereocenters. The van der Waals surface area contributed by atoms with E-state index < -0.39 is 0 Å². The van der Waals surface area contributed by atoms with Gasteiger partial charge in [-0.15, -0.1) is 11.8 Å². The van der Waals surface area contributed by atoms with E-state index in [9.17, 15) is 0 Å². The minimum absolute atomic E-state index is 0.617. The van der Waals surface area contributed by atoms with Gasteiger partial charge in [-0.05, 0) is 31.3 Å². The first-order chi connectivity index (χ1) is 5.79. The lowest BCUT2D eigenvalue weighted by Gasteiger charge is -2.14. The smallest absolute Gasteiger partial charge is 0.268 e. The topological polar surface area (TPSA) is 3.24 Å². The number of fused-ring (bicyclic) bond motifs is 1. The third-order valence-corrected chi connectivity index (χ3v) is 3.46. The lowest BCUT2D eigenvalue weighted by atomic mass is 9.57. The van der Waals surface area contributed by atoms with Crippen LogP contribution in [0.2, 0.25) is 0 Å². The van der Waals surface area contributed by atoms with E-state index in [0.717, 1.165) is 0 Å². The largest absolute Gasteiger partial charge is 0.343 e. The molecule has 0 atom stereocenters. The van der Waals surface area contributed by atoms with Crippen molar-refractivity contribution in [2.45, 2.75) is 4.90 Å². The molecule has 0 N–H and O–H groups in total. The van der Waals surface area contributed by atoms with Crippen LogP contribution < -0.4 is 5.46 Å². The van der Waals surface area contributed by atoms with E-state index >= 15 is 0 Å². The second kappa shape index (κ2) is 3.15. The Hall–Kier alpha value is -0.405. The van der Waals surface area contributed by atoms with Gasteiger partial charge in [-0.2, -0.15) is 0 Å². The summed E-state index contributed by atoms with van der Waals surface area (Å²) in [6, 6.07) is 8.69. The summed E-state index contributed by atoms with van der Waals surface area (Å²) in [6.45, 7) is 0.617. The van der Waals surface area contributed by atoms with Gasteiger partial charge in [0.05, 0.1) is 0 Å². The molecule has 0 spiro atoms. The monoisotopic (exact) mass is 177 g/mol. The number of hydrogen-bond acceptors (Lipinski definition) is 2. The molecule has 1 nitrogen and oxygen atoms in total. The molecular weight excluding hydrogens is 165 g/mol. The Morgan fingerprint density at radius 3 is 2.83 bits per heavy atom. The summed E-state index contributed by atoms with van der Waals surface area (Å²) in [4.78, 5) is 3.75. The number of hydrogen-bond donors (Lipinski definition) is 0. The Labute approximate surface area is 78.2 Å². The first-order valence-electron chi connectivity index (χ1n) is 4.17. The molecule has 0 saturated heterocycles. The van der Waals surface area contributed by atoms with Crippen LogP contribution >= 0.6 is 11.8 Å². The fourth-order valence-electron chi connectivity index (χ4n) is 1.57. The van der Waals surface area contributed by atoms with Gasteiger partial charge < -0.3 is 4.81 Å². The molecule has 0 bridgehead atoms. The van der Waals surface area contributed by atoms with E-state index in [0.29, 0.717) is 6.85 Å². The maximum atomic E-state index is 2.29. The third kappa shape index (κ3) is 1.27. The molecule has 12 heavy (non-hydrogen) atoms. The van der Waals surface area contributed by atoms with Crippen LogP contribution in [0.1, 0.15) is 0 Å². The predicted octanol–water partition coefficient (Wildman–Crippen LogP) is 1.09. The summed E-state index contributed by atoms with van der Waals surface area (Å²) in [7, 11) is 4.29. The normalized spacial score (nSPS) is 15.4. The zero-order valence-corrected chi connectivity index (χ0v) is 8.27. The number of benzene rings is 1. The van der Waals surface area contributed by atoms with E-state index in [1.165, 1.54) is 16.0 Å². The van der Waals surface area contributed by atoms with Crippen molar-refractivity contribution in [2.24, 2.45) is 0 Å². The molecule has 1 aromatic rings. The Morgan fingerprint density at radius 1 is 1.33 bits per heavy atom. The molecule has 0 amide bonds. The standard InChI is InChI=1S/C9H12BNS/c1-11(2)10-7-12-9-6-4-3-5-8(9)10/h3-6H,7H2,1-2H3. The van der Waals surface area contributed by atoms with E-state index in [-0.39, 0.29) is 0 Å². The fourth-order valence-corrected chi connectivity index (χ4v) is 2.93. The lowest BCUT2D eigenvalue weighted by Crippen LogP contribution is -2.43. The van der Waals surface area contributed by atoms with E-state index in [4.69, 9.17) is 0 Å². The highest BCUT2D eigenvalue weighted by Gasteiger charge is 2.28. The van der Waals surface area contributed by atoms with Gasteiger partial charge in [0.1, 0.15) is 0 Å². The molecule has 0 fully saturated rings. The van der Waals surface area contributed by atoms with Crippen LogP contribution in [-0.4, -0.2) is 31.4 Å². The molecule has 1 aliphatic rings. The summed E-state index contributed by atoms with van der Waals surface area (Å²) in [5.74, 6) is 0.